The predicted octanol–water partition coefficient (Wildman–Crippen LogP) is 16.7. The molecule has 0 saturated carbocycles. The van der Waals surface area contributed by atoms with Gasteiger partial charge in [-0.1, -0.05) is 144 Å². The van der Waals surface area contributed by atoms with E-state index in [0.29, 0.717) is 5.56 Å². The van der Waals surface area contributed by atoms with Gasteiger partial charge in [0, 0.05) is 39.5 Å². The second kappa shape index (κ2) is 16.3. The van der Waals surface area contributed by atoms with Crippen LogP contribution in [0.4, 0.5) is 0 Å². The summed E-state index contributed by atoms with van der Waals surface area (Å²) in [5, 5.41) is 15.6. The monoisotopic (exact) mass is 870 g/mol. The number of aryl methyl sites for hydroxylation is 4. The van der Waals surface area contributed by atoms with Crippen LogP contribution in [0.25, 0.3) is 111 Å². The number of hydrogen-bond acceptors (Lipinski definition) is 2. The maximum Gasteiger partial charge on any atom is 0.0993 e. The van der Waals surface area contributed by atoms with Gasteiger partial charge in [-0.25, -0.2) is 0 Å². The van der Waals surface area contributed by atoms with E-state index < -0.39 is 0 Å². The number of benzene rings is 9. The summed E-state index contributed by atoms with van der Waals surface area (Å²) in [6.45, 7) is 8.51. The zero-order chi connectivity index (χ0) is 46.0. The summed E-state index contributed by atoms with van der Waals surface area (Å²) < 4.78 is 4.75. The molecule has 68 heavy (non-hydrogen) atoms. The number of nitrogens with zero attached hydrogens (tertiary/aromatic N) is 4. The van der Waals surface area contributed by atoms with Gasteiger partial charge in [-0.2, -0.15) is 5.26 Å². The highest BCUT2D eigenvalue weighted by atomic mass is 15.0. The minimum atomic E-state index is 0.568. The number of fused-ring (bicyclic) bond motifs is 6. The first-order chi connectivity index (χ1) is 33.3. The molecule has 322 valence electrons. The van der Waals surface area contributed by atoms with Crippen LogP contribution in [-0.4, -0.2) is 14.1 Å². The van der Waals surface area contributed by atoms with Crippen LogP contribution >= 0.6 is 0 Å². The average Bonchev–Trinajstić information content (AvgIpc) is 3.88. The van der Waals surface area contributed by atoms with E-state index in [1.807, 2.05) is 12.4 Å². The lowest BCUT2D eigenvalue weighted by molar-refractivity contribution is 1.13. The van der Waals surface area contributed by atoms with Crippen molar-refractivity contribution in [3.63, 3.8) is 0 Å². The first kappa shape index (κ1) is 40.7. The molecule has 0 fully saturated rings. The number of nitriles is 1. The summed E-state index contributed by atoms with van der Waals surface area (Å²) in [6, 6.07) is 73.3. The molecule has 12 aromatic rings. The normalized spacial score (nSPS) is 11.5. The van der Waals surface area contributed by atoms with Gasteiger partial charge in [0.05, 0.1) is 45.1 Å². The first-order valence-electron chi connectivity index (χ1n) is 23.2. The Labute approximate surface area is 396 Å². The van der Waals surface area contributed by atoms with Gasteiger partial charge in [0.2, 0.25) is 0 Å². The molecular weight excluding hydrogens is 825 g/mol. The zero-order valence-electron chi connectivity index (χ0n) is 38.4. The molecule has 0 unspecified atom stereocenters. The van der Waals surface area contributed by atoms with Crippen LogP contribution in [0.2, 0.25) is 0 Å². The Hall–Kier alpha value is -8.78. The summed E-state index contributed by atoms with van der Waals surface area (Å²) in [7, 11) is 0. The fourth-order valence-corrected chi connectivity index (χ4v) is 10.1. The number of hydrogen-bond donors (Lipinski definition) is 0. The van der Waals surface area contributed by atoms with Gasteiger partial charge in [-0.15, -0.1) is 0 Å². The van der Waals surface area contributed by atoms with E-state index in [2.05, 4.69) is 242 Å². The third kappa shape index (κ3) is 6.96. The Kier molecular flexibility index (Phi) is 9.74. The summed E-state index contributed by atoms with van der Waals surface area (Å²) >= 11 is 0. The number of rotatable bonds is 7. The second-order valence-electron chi connectivity index (χ2n) is 18.3. The molecule has 4 nitrogen and oxygen atoms in total. The highest BCUT2D eigenvalue weighted by Gasteiger charge is 2.24. The molecule has 0 bridgehead atoms. The van der Waals surface area contributed by atoms with E-state index >= 15 is 0 Å². The molecule has 0 amide bonds. The lowest BCUT2D eigenvalue weighted by Gasteiger charge is -2.21. The number of pyridine rings is 1. The molecule has 0 aliphatic carbocycles. The van der Waals surface area contributed by atoms with Crippen LogP contribution in [-0.2, 0) is 0 Å². The number of aromatic nitrogens is 3. The van der Waals surface area contributed by atoms with Gasteiger partial charge in [0.25, 0.3) is 0 Å². The molecule has 3 heterocycles. The first-order valence-corrected chi connectivity index (χ1v) is 23.2. The van der Waals surface area contributed by atoms with E-state index in [-0.39, 0.29) is 0 Å². The van der Waals surface area contributed by atoms with Crippen molar-refractivity contribution < 1.29 is 0 Å². The summed E-state index contributed by atoms with van der Waals surface area (Å²) in [6.07, 6.45) is 3.73. The Morgan fingerprint density at radius 2 is 0.603 bits per heavy atom. The van der Waals surface area contributed by atoms with Crippen molar-refractivity contribution in [1.82, 2.24) is 14.1 Å². The van der Waals surface area contributed by atoms with Gasteiger partial charge in [-0.3, -0.25) is 4.98 Å². The van der Waals surface area contributed by atoms with Crippen LogP contribution in [0.15, 0.2) is 207 Å². The van der Waals surface area contributed by atoms with Crippen molar-refractivity contribution in [3.8, 4) is 73.1 Å². The van der Waals surface area contributed by atoms with Crippen molar-refractivity contribution in [3.05, 3.63) is 234 Å². The molecule has 0 aliphatic heterocycles. The van der Waals surface area contributed by atoms with Crippen molar-refractivity contribution in [1.29, 1.82) is 5.26 Å². The van der Waals surface area contributed by atoms with Crippen molar-refractivity contribution in [2.75, 3.05) is 0 Å². The van der Waals surface area contributed by atoms with Crippen LogP contribution in [0.5, 0.6) is 0 Å². The van der Waals surface area contributed by atoms with Crippen molar-refractivity contribution >= 4 is 43.6 Å². The van der Waals surface area contributed by atoms with Crippen molar-refractivity contribution in [2.45, 2.75) is 27.7 Å². The highest BCUT2D eigenvalue weighted by Crippen LogP contribution is 2.45. The molecule has 0 aliphatic rings. The summed E-state index contributed by atoms with van der Waals surface area (Å²) in [4.78, 5) is 4.50. The fourth-order valence-electron chi connectivity index (χ4n) is 10.1. The fraction of sp³-hybridized carbons (Fsp3) is 0.0625. The molecule has 4 heteroatoms. The molecule has 0 spiro atoms. The van der Waals surface area contributed by atoms with Crippen LogP contribution < -0.4 is 0 Å². The van der Waals surface area contributed by atoms with Gasteiger partial charge in [0.1, 0.15) is 0 Å². The van der Waals surface area contributed by atoms with Crippen LogP contribution in [0.3, 0.4) is 0 Å². The zero-order valence-corrected chi connectivity index (χ0v) is 38.4. The van der Waals surface area contributed by atoms with Gasteiger partial charge >= 0.3 is 0 Å². The SMILES string of the molecule is Cc1ccc(-c2ccc3c(c2)c2cc(-c4ccc(C)cc4)ccc2n3-c2cc(C#N)cc(-n3c4ccc(-c5ccc(C)cc5)cc4c4cc(-c5ccc(C)cc5)ccc43)c2-c2ccncc2)cc1. The summed E-state index contributed by atoms with van der Waals surface area (Å²) in [5.41, 5.74) is 22.8. The molecule has 3 aromatic heterocycles. The smallest absolute Gasteiger partial charge is 0.0993 e. The average molecular weight is 871 g/mol. The Bertz CT molecular complexity index is 3520. The maximum absolute atomic E-state index is 11.0. The molecule has 0 atom stereocenters. The second-order valence-corrected chi connectivity index (χ2v) is 18.3. The van der Waals surface area contributed by atoms with Gasteiger partial charge < -0.3 is 9.13 Å². The third-order valence-corrected chi connectivity index (χ3v) is 13.7. The van der Waals surface area contributed by atoms with Crippen LogP contribution in [0.1, 0.15) is 27.8 Å². The van der Waals surface area contributed by atoms with E-state index in [1.54, 1.807) is 0 Å². The Balaban J connectivity index is 1.18. The quantitative estimate of drug-likeness (QED) is 0.160. The molecule has 12 rings (SSSR count). The topological polar surface area (TPSA) is 46.5 Å². The molecular formula is C64H46N4. The van der Waals surface area contributed by atoms with Crippen LogP contribution in [0, 0.1) is 39.0 Å². The standard InChI is InChI=1S/C64H46N4/c1-40-5-13-45(14-6-40)50-21-25-58-54(35-50)55-36-51(46-15-7-41(2)8-16-46)22-26-59(55)67(58)62-33-44(39-65)34-63(64(62)49-29-31-66-32-30-49)68-60-27-23-52(47-17-9-42(3)10-18-47)37-56(60)57-38-53(24-28-61(57)68)48-19-11-43(4)12-20-48/h5-38H,1-4H3. The molecule has 0 radical (unpaired) electrons. The maximum atomic E-state index is 11.0. The minimum absolute atomic E-state index is 0.568. The summed E-state index contributed by atoms with van der Waals surface area (Å²) in [5.74, 6) is 0. The largest absolute Gasteiger partial charge is 0.308 e. The Morgan fingerprint density at radius 3 is 0.882 bits per heavy atom. The van der Waals surface area contributed by atoms with E-state index in [0.717, 1.165) is 88.4 Å². The highest BCUT2D eigenvalue weighted by molar-refractivity contribution is 6.14. The lowest BCUT2D eigenvalue weighted by atomic mass is 9.98. The van der Waals surface area contributed by atoms with E-state index in [4.69, 9.17) is 0 Å². The molecule has 9 aromatic carbocycles. The minimum Gasteiger partial charge on any atom is -0.308 e. The lowest BCUT2D eigenvalue weighted by Crippen LogP contribution is -2.05. The third-order valence-electron chi connectivity index (χ3n) is 13.7. The molecule has 0 saturated heterocycles. The van der Waals surface area contributed by atoms with E-state index in [1.165, 1.54) is 44.5 Å². The Morgan fingerprint density at radius 1 is 0.324 bits per heavy atom. The van der Waals surface area contributed by atoms with Gasteiger partial charge in [0.15, 0.2) is 0 Å². The van der Waals surface area contributed by atoms with Gasteiger partial charge in [-0.05, 0) is 151 Å². The van der Waals surface area contributed by atoms with E-state index in [9.17, 15) is 5.26 Å². The molecule has 0 N–H and O–H groups in total. The predicted molar refractivity (Wildman–Crippen MR) is 284 cm³/mol. The van der Waals surface area contributed by atoms with Crippen molar-refractivity contribution in [2.24, 2.45) is 0 Å².